The number of carbonyl (C=O) groups excluding carboxylic acids is 1. The van der Waals surface area contributed by atoms with Gasteiger partial charge in [-0.05, 0) is 37.5 Å². The fourth-order valence-corrected chi connectivity index (χ4v) is 2.14. The smallest absolute Gasteiger partial charge is 0.384 e. The van der Waals surface area contributed by atoms with Crippen molar-refractivity contribution in [3.63, 3.8) is 0 Å². The van der Waals surface area contributed by atoms with Gasteiger partial charge in [0.15, 0.2) is 0 Å². The van der Waals surface area contributed by atoms with E-state index >= 15 is 0 Å². The van der Waals surface area contributed by atoms with E-state index in [1.165, 1.54) is 7.05 Å². The molecule has 1 fully saturated rings. The van der Waals surface area contributed by atoms with E-state index in [0.717, 1.165) is 19.0 Å². The average molecular weight is 305 g/mol. The van der Waals surface area contributed by atoms with Crippen LogP contribution in [0.4, 0.5) is 13.2 Å². The van der Waals surface area contributed by atoms with Gasteiger partial charge in [-0.15, -0.1) is 0 Å². The lowest BCUT2D eigenvalue weighted by atomic mass is 10.1. The van der Waals surface area contributed by atoms with Crippen LogP contribution in [0.2, 0.25) is 0 Å². The topological polar surface area (TPSA) is 53.2 Å². The van der Waals surface area contributed by atoms with Crippen LogP contribution in [-0.2, 0) is 4.79 Å². The molecule has 0 saturated carbocycles. The van der Waals surface area contributed by atoms with Crippen LogP contribution in [0.15, 0.2) is 23.4 Å². The van der Waals surface area contributed by atoms with Gasteiger partial charge in [0.05, 0.1) is 6.04 Å². The van der Waals surface area contributed by atoms with Crippen LogP contribution in [0.3, 0.4) is 0 Å². The zero-order chi connectivity index (χ0) is 16.0. The average Bonchev–Trinajstić information content (AvgIpc) is 2.84. The van der Waals surface area contributed by atoms with Gasteiger partial charge in [-0.1, -0.05) is 13.0 Å². The summed E-state index contributed by atoms with van der Waals surface area (Å²) in [5.41, 5.74) is -0.437. The molecule has 1 rings (SSSR count). The minimum Gasteiger partial charge on any atom is -0.384 e. The van der Waals surface area contributed by atoms with Gasteiger partial charge < -0.3 is 16.0 Å². The lowest BCUT2D eigenvalue weighted by Crippen LogP contribution is -2.41. The molecule has 1 heterocycles. The quantitative estimate of drug-likeness (QED) is 0.678. The SMILES string of the molecule is C/C=C(\C=C(/NC)C(F)(F)F)CNC(=O)[C@@H]1CC(C)CN1. The third kappa shape index (κ3) is 5.41. The highest BCUT2D eigenvalue weighted by Gasteiger charge is 2.33. The van der Waals surface area contributed by atoms with Crippen LogP contribution < -0.4 is 16.0 Å². The summed E-state index contributed by atoms with van der Waals surface area (Å²) in [6, 6.07) is -0.256. The van der Waals surface area contributed by atoms with Crippen LogP contribution in [0.25, 0.3) is 0 Å². The Morgan fingerprint density at radius 3 is 2.52 bits per heavy atom. The molecule has 0 aromatic rings. The molecule has 1 unspecified atom stereocenters. The zero-order valence-electron chi connectivity index (χ0n) is 12.5. The van der Waals surface area contributed by atoms with E-state index in [2.05, 4.69) is 16.0 Å². The molecule has 0 radical (unpaired) electrons. The number of halogens is 3. The molecular formula is C14H22F3N3O. The number of nitrogens with one attached hydrogen (secondary N) is 3. The normalized spacial score (nSPS) is 24.1. The number of amides is 1. The molecule has 1 aliphatic rings. The molecular weight excluding hydrogens is 283 g/mol. The first-order valence-corrected chi connectivity index (χ1v) is 6.90. The second kappa shape index (κ2) is 7.49. The Hall–Kier alpha value is -1.50. The standard InChI is InChI=1S/C14H22F3N3O/c1-4-10(6-12(18-3)14(15,16)17)8-20-13(21)11-5-9(2)7-19-11/h4,6,9,11,18-19H,5,7-8H2,1-3H3,(H,20,21)/b10-4+,12-6-/t9?,11-/m0/s1. The molecule has 1 saturated heterocycles. The van der Waals surface area contributed by atoms with E-state index in [1.807, 2.05) is 6.92 Å². The number of hydrogen-bond acceptors (Lipinski definition) is 3. The highest BCUT2D eigenvalue weighted by atomic mass is 19.4. The van der Waals surface area contributed by atoms with E-state index in [4.69, 9.17) is 0 Å². The van der Waals surface area contributed by atoms with Crippen molar-refractivity contribution in [3.05, 3.63) is 23.4 Å². The third-order valence-corrected chi connectivity index (χ3v) is 3.41. The minimum atomic E-state index is -4.44. The van der Waals surface area contributed by atoms with Gasteiger partial charge in [0, 0.05) is 13.6 Å². The number of rotatable bonds is 5. The number of hydrogen-bond donors (Lipinski definition) is 3. The molecule has 7 heteroatoms. The fourth-order valence-electron chi connectivity index (χ4n) is 2.14. The number of alkyl halides is 3. The molecule has 4 nitrogen and oxygen atoms in total. The summed E-state index contributed by atoms with van der Waals surface area (Å²) < 4.78 is 37.9. The van der Waals surface area contributed by atoms with E-state index in [9.17, 15) is 18.0 Å². The molecule has 0 aromatic heterocycles. The van der Waals surface area contributed by atoms with Crippen molar-refractivity contribution in [1.82, 2.24) is 16.0 Å². The summed E-state index contributed by atoms with van der Waals surface area (Å²) in [5.74, 6) is 0.257. The van der Waals surface area contributed by atoms with Gasteiger partial charge in [0.25, 0.3) is 0 Å². The molecule has 1 aliphatic heterocycles. The molecule has 0 bridgehead atoms. The zero-order valence-corrected chi connectivity index (χ0v) is 12.5. The maximum Gasteiger partial charge on any atom is 0.430 e. The van der Waals surface area contributed by atoms with Gasteiger partial charge in [-0.2, -0.15) is 13.2 Å². The van der Waals surface area contributed by atoms with Gasteiger partial charge in [-0.3, -0.25) is 4.79 Å². The van der Waals surface area contributed by atoms with Crippen LogP contribution >= 0.6 is 0 Å². The molecule has 0 aromatic carbocycles. The van der Waals surface area contributed by atoms with E-state index in [1.54, 1.807) is 13.0 Å². The predicted octanol–water partition coefficient (Wildman–Crippen LogP) is 1.71. The molecule has 3 N–H and O–H groups in total. The Labute approximate surface area is 122 Å². The predicted molar refractivity (Wildman–Crippen MR) is 75.5 cm³/mol. The largest absolute Gasteiger partial charge is 0.430 e. The lowest BCUT2D eigenvalue weighted by Gasteiger charge is -2.14. The molecule has 21 heavy (non-hydrogen) atoms. The molecule has 2 atom stereocenters. The van der Waals surface area contributed by atoms with Crippen LogP contribution in [0.5, 0.6) is 0 Å². The highest BCUT2D eigenvalue weighted by Crippen LogP contribution is 2.24. The first-order chi connectivity index (χ1) is 9.77. The Morgan fingerprint density at radius 1 is 1.43 bits per heavy atom. The fraction of sp³-hybridized carbons (Fsp3) is 0.643. The van der Waals surface area contributed by atoms with Gasteiger partial charge in [0.1, 0.15) is 5.70 Å². The van der Waals surface area contributed by atoms with Gasteiger partial charge >= 0.3 is 6.18 Å². The van der Waals surface area contributed by atoms with Crippen molar-refractivity contribution in [2.75, 3.05) is 20.1 Å². The number of carbonyl (C=O) groups is 1. The summed E-state index contributed by atoms with van der Waals surface area (Å²) in [6.45, 7) is 4.54. The maximum atomic E-state index is 12.6. The highest BCUT2D eigenvalue weighted by molar-refractivity contribution is 5.82. The number of allylic oxidation sites excluding steroid dienone is 2. The molecule has 0 aliphatic carbocycles. The van der Waals surface area contributed by atoms with E-state index in [-0.39, 0.29) is 18.5 Å². The Balaban J connectivity index is 2.59. The van der Waals surface area contributed by atoms with Crippen molar-refractivity contribution < 1.29 is 18.0 Å². The summed E-state index contributed by atoms with van der Waals surface area (Å²) >= 11 is 0. The maximum absolute atomic E-state index is 12.6. The molecule has 0 spiro atoms. The minimum absolute atomic E-state index is 0.0726. The first kappa shape index (κ1) is 17.6. The third-order valence-electron chi connectivity index (χ3n) is 3.41. The van der Waals surface area contributed by atoms with Crippen molar-refractivity contribution >= 4 is 5.91 Å². The summed E-state index contributed by atoms with van der Waals surface area (Å²) in [7, 11) is 1.22. The Kier molecular flexibility index (Phi) is 6.26. The summed E-state index contributed by atoms with van der Waals surface area (Å²) in [5, 5.41) is 7.88. The van der Waals surface area contributed by atoms with Crippen molar-refractivity contribution in [2.24, 2.45) is 5.92 Å². The molecule has 120 valence electrons. The van der Waals surface area contributed by atoms with Crippen LogP contribution in [0, 0.1) is 5.92 Å². The van der Waals surface area contributed by atoms with Crippen molar-refractivity contribution in [2.45, 2.75) is 32.5 Å². The summed E-state index contributed by atoms with van der Waals surface area (Å²) in [6.07, 6.45) is -1.13. The van der Waals surface area contributed by atoms with Crippen LogP contribution in [0.1, 0.15) is 20.3 Å². The Bertz CT molecular complexity index is 430. The second-order valence-electron chi connectivity index (χ2n) is 5.19. The van der Waals surface area contributed by atoms with E-state index < -0.39 is 11.9 Å². The lowest BCUT2D eigenvalue weighted by molar-refractivity contribution is -0.122. The van der Waals surface area contributed by atoms with Crippen molar-refractivity contribution in [3.8, 4) is 0 Å². The van der Waals surface area contributed by atoms with Crippen LogP contribution in [-0.4, -0.2) is 38.3 Å². The van der Waals surface area contributed by atoms with Gasteiger partial charge in [0.2, 0.25) is 5.91 Å². The first-order valence-electron chi connectivity index (χ1n) is 6.90. The van der Waals surface area contributed by atoms with E-state index in [0.29, 0.717) is 11.5 Å². The van der Waals surface area contributed by atoms with Gasteiger partial charge in [-0.25, -0.2) is 0 Å². The monoisotopic (exact) mass is 305 g/mol. The van der Waals surface area contributed by atoms with Crippen molar-refractivity contribution in [1.29, 1.82) is 0 Å². The summed E-state index contributed by atoms with van der Waals surface area (Å²) in [4.78, 5) is 11.9. The molecule has 1 amide bonds. The second-order valence-corrected chi connectivity index (χ2v) is 5.19. The Morgan fingerprint density at radius 2 is 2.10 bits per heavy atom.